The fraction of sp³-hybridized carbons (Fsp3) is 0.588. The van der Waals surface area contributed by atoms with Crippen LogP contribution in [0, 0.1) is 18.3 Å². The quantitative estimate of drug-likeness (QED) is 0.827. The van der Waals surface area contributed by atoms with E-state index in [9.17, 15) is 14.9 Å². The number of nitrogens with zero attached hydrogens (tertiary/aromatic N) is 2. The van der Waals surface area contributed by atoms with Gasteiger partial charge in [-0.05, 0) is 45.3 Å². The van der Waals surface area contributed by atoms with Crippen molar-refractivity contribution < 1.29 is 14.3 Å². The normalized spacial score (nSPS) is 15.4. The molecule has 1 aliphatic heterocycles. The molecule has 0 aromatic carbocycles. The Morgan fingerprint density at radius 2 is 1.96 bits per heavy atom. The molecule has 0 bridgehead atoms. The second-order valence-corrected chi connectivity index (χ2v) is 6.85. The fourth-order valence-electron chi connectivity index (χ4n) is 2.79. The highest BCUT2D eigenvalue weighted by atomic mass is 32.1. The molecule has 1 amide bonds. The molecule has 0 unspecified atom stereocenters. The van der Waals surface area contributed by atoms with Crippen molar-refractivity contribution >= 4 is 28.2 Å². The zero-order valence-corrected chi connectivity index (χ0v) is 15.0. The largest absolute Gasteiger partial charge is 0.462 e. The van der Waals surface area contributed by atoms with E-state index in [4.69, 9.17) is 4.74 Å². The van der Waals surface area contributed by atoms with E-state index in [1.54, 1.807) is 13.8 Å². The Balaban J connectivity index is 2.08. The van der Waals surface area contributed by atoms with Crippen LogP contribution in [0.4, 0.5) is 5.00 Å². The van der Waals surface area contributed by atoms with Crippen LogP contribution in [-0.4, -0.2) is 43.0 Å². The summed E-state index contributed by atoms with van der Waals surface area (Å²) in [6.07, 6.45) is 4.65. The minimum Gasteiger partial charge on any atom is -0.462 e. The standard InChI is InChI=1S/C17H23N3O3S/c1-3-23-17(22)15-12(2)13(10-18)16(24-15)19-14(21)11-20-8-6-4-5-7-9-20/h3-9,11H2,1-2H3,(H,19,21). The number of hydrogen-bond acceptors (Lipinski definition) is 6. The van der Waals surface area contributed by atoms with E-state index >= 15 is 0 Å². The average Bonchev–Trinajstić information content (AvgIpc) is 2.71. The molecule has 1 aliphatic rings. The lowest BCUT2D eigenvalue weighted by molar-refractivity contribution is -0.117. The highest BCUT2D eigenvalue weighted by molar-refractivity contribution is 7.18. The third-order valence-corrected chi connectivity index (χ3v) is 5.23. The van der Waals surface area contributed by atoms with Crippen LogP contribution < -0.4 is 5.32 Å². The molecular formula is C17H23N3O3S. The lowest BCUT2D eigenvalue weighted by atomic mass is 10.2. The zero-order valence-electron chi connectivity index (χ0n) is 14.2. The molecule has 130 valence electrons. The van der Waals surface area contributed by atoms with Gasteiger partial charge in [0.05, 0.1) is 18.7 Å². The summed E-state index contributed by atoms with van der Waals surface area (Å²) in [5, 5.41) is 12.6. The fourth-order valence-corrected chi connectivity index (χ4v) is 3.86. The van der Waals surface area contributed by atoms with Gasteiger partial charge in [0, 0.05) is 0 Å². The molecule has 0 atom stereocenters. The third-order valence-electron chi connectivity index (χ3n) is 4.04. The van der Waals surface area contributed by atoms with E-state index < -0.39 is 5.97 Å². The van der Waals surface area contributed by atoms with Gasteiger partial charge in [0.2, 0.25) is 5.91 Å². The van der Waals surface area contributed by atoms with E-state index in [0.717, 1.165) is 37.3 Å². The second-order valence-electron chi connectivity index (χ2n) is 5.83. The molecule has 6 nitrogen and oxygen atoms in total. The first kappa shape index (κ1) is 18.4. The molecule has 1 N–H and O–H groups in total. The summed E-state index contributed by atoms with van der Waals surface area (Å²) >= 11 is 1.11. The Hall–Kier alpha value is -1.91. The van der Waals surface area contributed by atoms with Crippen LogP contribution >= 0.6 is 11.3 Å². The van der Waals surface area contributed by atoms with Crippen LogP contribution in [0.3, 0.4) is 0 Å². The number of anilines is 1. The third kappa shape index (κ3) is 4.56. The number of hydrogen-bond donors (Lipinski definition) is 1. The lowest BCUT2D eigenvalue weighted by Gasteiger charge is -2.18. The highest BCUT2D eigenvalue weighted by Crippen LogP contribution is 2.33. The van der Waals surface area contributed by atoms with Crippen LogP contribution in [0.2, 0.25) is 0 Å². The molecule has 0 radical (unpaired) electrons. The summed E-state index contributed by atoms with van der Waals surface area (Å²) in [4.78, 5) is 26.8. The van der Waals surface area contributed by atoms with Crippen molar-refractivity contribution in [3.63, 3.8) is 0 Å². The average molecular weight is 349 g/mol. The van der Waals surface area contributed by atoms with Crippen LogP contribution in [-0.2, 0) is 9.53 Å². The summed E-state index contributed by atoms with van der Waals surface area (Å²) < 4.78 is 5.00. The number of thiophene rings is 1. The van der Waals surface area contributed by atoms with Crippen molar-refractivity contribution in [2.45, 2.75) is 39.5 Å². The number of esters is 1. The Morgan fingerprint density at radius 1 is 1.29 bits per heavy atom. The first-order valence-corrected chi connectivity index (χ1v) is 9.11. The molecule has 24 heavy (non-hydrogen) atoms. The van der Waals surface area contributed by atoms with E-state index in [1.165, 1.54) is 12.8 Å². The predicted molar refractivity (Wildman–Crippen MR) is 93.3 cm³/mol. The van der Waals surface area contributed by atoms with Crippen LogP contribution in [0.5, 0.6) is 0 Å². The number of nitrogens with one attached hydrogen (secondary N) is 1. The number of carbonyl (C=O) groups is 2. The van der Waals surface area contributed by atoms with Gasteiger partial charge in [0.25, 0.3) is 0 Å². The van der Waals surface area contributed by atoms with Gasteiger partial charge < -0.3 is 10.1 Å². The molecule has 0 spiro atoms. The monoisotopic (exact) mass is 349 g/mol. The molecule has 1 aromatic heterocycles. The number of ether oxygens (including phenoxy) is 1. The van der Waals surface area contributed by atoms with Gasteiger partial charge >= 0.3 is 5.97 Å². The van der Waals surface area contributed by atoms with E-state index in [-0.39, 0.29) is 12.5 Å². The van der Waals surface area contributed by atoms with Gasteiger partial charge in [-0.15, -0.1) is 11.3 Å². The number of likely N-dealkylation sites (tertiary alicyclic amines) is 1. The first-order chi connectivity index (χ1) is 11.6. The Bertz CT molecular complexity index is 640. The number of rotatable bonds is 5. The second kappa shape index (κ2) is 8.81. The Morgan fingerprint density at radius 3 is 2.54 bits per heavy atom. The van der Waals surface area contributed by atoms with Gasteiger partial charge in [0.15, 0.2) is 0 Å². The summed E-state index contributed by atoms with van der Waals surface area (Å²) in [6, 6.07) is 2.07. The molecule has 0 aliphatic carbocycles. The van der Waals surface area contributed by atoms with Crippen LogP contribution in [0.1, 0.15) is 53.4 Å². The first-order valence-electron chi connectivity index (χ1n) is 8.29. The molecule has 1 aromatic rings. The van der Waals surface area contributed by atoms with Gasteiger partial charge in [-0.3, -0.25) is 9.69 Å². The minimum atomic E-state index is -0.454. The van der Waals surface area contributed by atoms with Crippen LogP contribution in [0.25, 0.3) is 0 Å². The molecule has 7 heteroatoms. The maximum atomic E-state index is 12.3. The molecule has 1 fully saturated rings. The maximum absolute atomic E-state index is 12.3. The van der Waals surface area contributed by atoms with Crippen molar-refractivity contribution in [1.82, 2.24) is 4.90 Å². The summed E-state index contributed by atoms with van der Waals surface area (Å²) in [5.41, 5.74) is 0.901. The van der Waals surface area contributed by atoms with Crippen LogP contribution in [0.15, 0.2) is 0 Å². The summed E-state index contributed by atoms with van der Waals surface area (Å²) in [6.45, 7) is 5.87. The maximum Gasteiger partial charge on any atom is 0.348 e. The molecule has 2 rings (SSSR count). The minimum absolute atomic E-state index is 0.148. The predicted octanol–water partition coefficient (Wildman–Crippen LogP) is 2.92. The van der Waals surface area contributed by atoms with Gasteiger partial charge in [-0.1, -0.05) is 12.8 Å². The zero-order chi connectivity index (χ0) is 17.5. The molecule has 2 heterocycles. The molecule has 0 saturated carbocycles. The van der Waals surface area contributed by atoms with E-state index in [1.807, 2.05) is 0 Å². The van der Waals surface area contributed by atoms with Crippen molar-refractivity contribution in [3.05, 3.63) is 16.0 Å². The van der Waals surface area contributed by atoms with Gasteiger partial charge in [-0.25, -0.2) is 4.79 Å². The highest BCUT2D eigenvalue weighted by Gasteiger charge is 2.22. The lowest BCUT2D eigenvalue weighted by Crippen LogP contribution is -2.33. The Labute approximate surface area is 146 Å². The smallest absolute Gasteiger partial charge is 0.348 e. The van der Waals surface area contributed by atoms with E-state index in [0.29, 0.717) is 27.5 Å². The molecular weight excluding hydrogens is 326 g/mol. The SMILES string of the molecule is CCOC(=O)c1sc(NC(=O)CN2CCCCCC2)c(C#N)c1C. The summed E-state index contributed by atoms with van der Waals surface area (Å²) in [7, 11) is 0. The van der Waals surface area contributed by atoms with Crippen molar-refractivity contribution in [2.75, 3.05) is 31.6 Å². The number of nitriles is 1. The van der Waals surface area contributed by atoms with E-state index in [2.05, 4.69) is 16.3 Å². The van der Waals surface area contributed by atoms with Crippen molar-refractivity contribution in [2.24, 2.45) is 0 Å². The number of carbonyl (C=O) groups excluding carboxylic acids is 2. The van der Waals surface area contributed by atoms with Crippen molar-refractivity contribution in [1.29, 1.82) is 5.26 Å². The number of amides is 1. The summed E-state index contributed by atoms with van der Waals surface area (Å²) in [5.74, 6) is -0.602. The van der Waals surface area contributed by atoms with Gasteiger partial charge in [0.1, 0.15) is 15.9 Å². The topological polar surface area (TPSA) is 82.4 Å². The van der Waals surface area contributed by atoms with Crippen molar-refractivity contribution in [3.8, 4) is 6.07 Å². The van der Waals surface area contributed by atoms with Gasteiger partial charge in [-0.2, -0.15) is 5.26 Å². The Kier molecular flexibility index (Phi) is 6.76. The molecule has 1 saturated heterocycles.